The fourth-order valence-electron chi connectivity index (χ4n) is 1.43. The summed E-state index contributed by atoms with van der Waals surface area (Å²) in [6.07, 6.45) is 0. The van der Waals surface area contributed by atoms with Crippen LogP contribution in [0.3, 0.4) is 0 Å². The molecule has 0 aliphatic rings. The van der Waals surface area contributed by atoms with Gasteiger partial charge in [0, 0.05) is 5.56 Å². The molecule has 0 aromatic heterocycles. The maximum Gasteiger partial charge on any atom is 0.283 e. The lowest BCUT2D eigenvalue weighted by molar-refractivity contribution is 0.598. The van der Waals surface area contributed by atoms with Crippen LogP contribution in [0.4, 0.5) is 0 Å². The molecule has 19 heavy (non-hydrogen) atoms. The van der Waals surface area contributed by atoms with Crippen LogP contribution in [0.1, 0.15) is 5.56 Å². The van der Waals surface area contributed by atoms with E-state index < -0.39 is 10.0 Å². The topological polar surface area (TPSA) is 46.5 Å². The molecular weight excluding hydrogens is 305 g/mol. The largest absolute Gasteiger partial charge is 0.283 e. The second-order valence-electron chi connectivity index (χ2n) is 3.65. The van der Waals surface area contributed by atoms with E-state index in [4.69, 9.17) is 23.2 Å². The average Bonchev–Trinajstić information content (AvgIpc) is 2.39. The summed E-state index contributed by atoms with van der Waals surface area (Å²) in [5.41, 5.74) is 0.380. The Bertz CT molecular complexity index is 712. The molecule has 0 unspecified atom stereocenters. The fourth-order valence-corrected chi connectivity index (χ4v) is 3.06. The van der Waals surface area contributed by atoms with Gasteiger partial charge in [-0.05, 0) is 18.2 Å². The zero-order valence-corrected chi connectivity index (χ0v) is 12.0. The summed E-state index contributed by atoms with van der Waals surface area (Å²) in [6.45, 7) is 0. The highest BCUT2D eigenvalue weighted by Gasteiger charge is 2.15. The fraction of sp³-hybridized carbons (Fsp3) is 0. The third kappa shape index (κ3) is 3.35. The quantitative estimate of drug-likeness (QED) is 0.811. The maximum absolute atomic E-state index is 12.0. The van der Waals surface area contributed by atoms with Gasteiger partial charge < -0.3 is 0 Å². The monoisotopic (exact) mass is 313 g/mol. The summed E-state index contributed by atoms with van der Waals surface area (Å²) < 4.78 is 27.6. The highest BCUT2D eigenvalue weighted by molar-refractivity contribution is 7.90. The normalized spacial score (nSPS) is 12.4. The summed E-state index contributed by atoms with van der Waals surface area (Å²) in [5, 5.41) is 0.189. The SMILES string of the molecule is O=S(=O)(/N=C(\Cl)c1ccccc1Cl)c1ccccc1. The van der Waals surface area contributed by atoms with Gasteiger partial charge >= 0.3 is 0 Å². The van der Waals surface area contributed by atoms with E-state index in [9.17, 15) is 8.42 Å². The molecule has 0 radical (unpaired) electrons. The van der Waals surface area contributed by atoms with Crippen molar-refractivity contribution in [3.63, 3.8) is 0 Å². The third-order valence-electron chi connectivity index (χ3n) is 2.34. The standard InChI is InChI=1S/C13H9Cl2NO2S/c14-12-9-5-4-8-11(12)13(15)16-19(17,18)10-6-2-1-3-7-10/h1-9H/b16-13-. The predicted molar refractivity (Wildman–Crippen MR) is 77.5 cm³/mol. The van der Waals surface area contributed by atoms with Crippen LogP contribution in [0.25, 0.3) is 0 Å². The molecule has 2 aromatic rings. The van der Waals surface area contributed by atoms with Gasteiger partial charge in [-0.1, -0.05) is 59.6 Å². The van der Waals surface area contributed by atoms with Crippen molar-refractivity contribution in [3.05, 3.63) is 65.2 Å². The lowest BCUT2D eigenvalue weighted by atomic mass is 10.2. The Morgan fingerprint density at radius 3 is 2.16 bits per heavy atom. The van der Waals surface area contributed by atoms with Crippen LogP contribution in [0.2, 0.25) is 5.02 Å². The first-order chi connectivity index (χ1) is 9.00. The highest BCUT2D eigenvalue weighted by atomic mass is 35.5. The molecule has 2 rings (SSSR count). The zero-order chi connectivity index (χ0) is 13.9. The van der Waals surface area contributed by atoms with Gasteiger partial charge in [0.25, 0.3) is 10.0 Å². The molecule has 2 aromatic carbocycles. The molecular formula is C13H9Cl2NO2S. The van der Waals surface area contributed by atoms with Gasteiger partial charge in [0.05, 0.1) is 9.92 Å². The number of nitrogens with zero attached hydrogens (tertiary/aromatic N) is 1. The molecule has 0 saturated heterocycles. The van der Waals surface area contributed by atoms with Crippen LogP contribution in [0.15, 0.2) is 63.9 Å². The number of hydrogen-bond acceptors (Lipinski definition) is 2. The number of rotatable bonds is 3. The van der Waals surface area contributed by atoms with Gasteiger partial charge in [-0.3, -0.25) is 0 Å². The second kappa shape index (κ2) is 5.74. The van der Waals surface area contributed by atoms with Crippen molar-refractivity contribution in [1.29, 1.82) is 0 Å². The van der Waals surface area contributed by atoms with E-state index in [1.165, 1.54) is 12.1 Å². The van der Waals surface area contributed by atoms with E-state index in [1.54, 1.807) is 42.5 Å². The van der Waals surface area contributed by atoms with Gasteiger partial charge in [-0.2, -0.15) is 8.42 Å². The molecule has 0 amide bonds. The van der Waals surface area contributed by atoms with Crippen molar-refractivity contribution in [3.8, 4) is 0 Å². The van der Waals surface area contributed by atoms with Gasteiger partial charge in [-0.15, -0.1) is 4.40 Å². The van der Waals surface area contributed by atoms with Crippen LogP contribution in [-0.4, -0.2) is 13.6 Å². The maximum atomic E-state index is 12.0. The Hall–Kier alpha value is -1.36. The summed E-state index contributed by atoms with van der Waals surface area (Å²) in [4.78, 5) is 0.0835. The van der Waals surface area contributed by atoms with E-state index in [0.717, 1.165) is 0 Å². The van der Waals surface area contributed by atoms with Crippen molar-refractivity contribution in [2.45, 2.75) is 4.90 Å². The molecule has 0 aliphatic heterocycles. The van der Waals surface area contributed by atoms with Gasteiger partial charge in [0.2, 0.25) is 0 Å². The number of halogens is 2. The van der Waals surface area contributed by atoms with Crippen molar-refractivity contribution in [2.75, 3.05) is 0 Å². The molecule has 0 atom stereocenters. The van der Waals surface area contributed by atoms with E-state index in [0.29, 0.717) is 10.6 Å². The Morgan fingerprint density at radius 1 is 0.947 bits per heavy atom. The van der Waals surface area contributed by atoms with Crippen molar-refractivity contribution in [1.82, 2.24) is 0 Å². The minimum absolute atomic E-state index is 0.0835. The van der Waals surface area contributed by atoms with Gasteiger partial charge in [0.15, 0.2) is 5.17 Å². The smallest absolute Gasteiger partial charge is 0.199 e. The van der Waals surface area contributed by atoms with Crippen LogP contribution >= 0.6 is 23.2 Å². The van der Waals surface area contributed by atoms with Gasteiger partial charge in [-0.25, -0.2) is 0 Å². The number of hydrogen-bond donors (Lipinski definition) is 0. The van der Waals surface area contributed by atoms with Crippen molar-refractivity contribution < 1.29 is 8.42 Å². The minimum atomic E-state index is -3.83. The molecule has 0 saturated carbocycles. The average molecular weight is 314 g/mol. The van der Waals surface area contributed by atoms with Crippen molar-refractivity contribution >= 4 is 38.4 Å². The van der Waals surface area contributed by atoms with E-state index in [2.05, 4.69) is 4.40 Å². The molecule has 0 aliphatic carbocycles. The molecule has 0 fully saturated rings. The summed E-state index contributed by atoms with van der Waals surface area (Å²) >= 11 is 11.9. The first kappa shape index (κ1) is 14.1. The second-order valence-corrected chi connectivity index (χ2v) is 6.02. The molecule has 0 N–H and O–H groups in total. The van der Waals surface area contributed by atoms with Crippen LogP contribution in [0, 0.1) is 0 Å². The molecule has 0 spiro atoms. The highest BCUT2D eigenvalue weighted by Crippen LogP contribution is 2.20. The molecule has 98 valence electrons. The minimum Gasteiger partial charge on any atom is -0.199 e. The lowest BCUT2D eigenvalue weighted by Crippen LogP contribution is -2.01. The molecule has 6 heteroatoms. The Morgan fingerprint density at radius 2 is 1.53 bits per heavy atom. The van der Waals surface area contributed by atoms with E-state index in [1.807, 2.05) is 0 Å². The molecule has 3 nitrogen and oxygen atoms in total. The first-order valence-corrected chi connectivity index (χ1v) is 7.51. The Labute approximate surface area is 121 Å². The zero-order valence-electron chi connectivity index (χ0n) is 9.62. The van der Waals surface area contributed by atoms with E-state index in [-0.39, 0.29) is 10.1 Å². The Kier molecular flexibility index (Phi) is 4.24. The van der Waals surface area contributed by atoms with E-state index >= 15 is 0 Å². The van der Waals surface area contributed by atoms with Crippen LogP contribution in [0.5, 0.6) is 0 Å². The lowest BCUT2D eigenvalue weighted by Gasteiger charge is -2.02. The number of sulfonamides is 1. The van der Waals surface area contributed by atoms with Crippen LogP contribution < -0.4 is 0 Å². The van der Waals surface area contributed by atoms with Crippen molar-refractivity contribution in [2.24, 2.45) is 4.40 Å². The first-order valence-electron chi connectivity index (χ1n) is 5.31. The predicted octanol–water partition coefficient (Wildman–Crippen LogP) is 3.71. The van der Waals surface area contributed by atoms with Gasteiger partial charge in [0.1, 0.15) is 0 Å². The summed E-state index contributed by atoms with van der Waals surface area (Å²) in [5.74, 6) is 0. The molecule has 0 bridgehead atoms. The summed E-state index contributed by atoms with van der Waals surface area (Å²) in [6, 6.07) is 14.5. The number of benzene rings is 2. The molecule has 0 heterocycles. The van der Waals surface area contributed by atoms with Crippen LogP contribution in [-0.2, 0) is 10.0 Å². The third-order valence-corrected chi connectivity index (χ3v) is 4.35. The Balaban J connectivity index is 2.45. The summed E-state index contributed by atoms with van der Waals surface area (Å²) in [7, 11) is -3.83.